The second-order valence-corrected chi connectivity index (χ2v) is 7.17. The molecule has 21 heavy (non-hydrogen) atoms. The zero-order valence-corrected chi connectivity index (χ0v) is 12.9. The molecule has 2 rings (SSSR count). The second-order valence-electron chi connectivity index (χ2n) is 5.41. The van der Waals surface area contributed by atoms with Crippen LogP contribution in [0.4, 0.5) is 0 Å². The summed E-state index contributed by atoms with van der Waals surface area (Å²) in [7, 11) is -2.03. The third-order valence-corrected chi connectivity index (χ3v) is 5.44. The van der Waals surface area contributed by atoms with Crippen LogP contribution in [0.1, 0.15) is 25.7 Å². The van der Waals surface area contributed by atoms with E-state index in [4.69, 9.17) is 4.74 Å². The van der Waals surface area contributed by atoms with Gasteiger partial charge in [-0.25, -0.2) is 13.1 Å². The molecule has 0 aliphatic heterocycles. The fourth-order valence-electron chi connectivity index (χ4n) is 2.68. The van der Waals surface area contributed by atoms with Crippen molar-refractivity contribution in [1.82, 2.24) is 4.72 Å². The van der Waals surface area contributed by atoms with Crippen molar-refractivity contribution in [3.05, 3.63) is 30.3 Å². The molecular weight excluding hydrogens is 290 g/mol. The van der Waals surface area contributed by atoms with Gasteiger partial charge in [0.2, 0.25) is 10.0 Å². The van der Waals surface area contributed by atoms with Crippen LogP contribution in [0.3, 0.4) is 0 Å². The van der Waals surface area contributed by atoms with Gasteiger partial charge in [0.25, 0.3) is 0 Å². The van der Waals surface area contributed by atoms with E-state index in [0.717, 1.165) is 25.7 Å². The number of esters is 1. The van der Waals surface area contributed by atoms with E-state index in [1.165, 1.54) is 7.11 Å². The number of carbonyl (C=O) groups is 1. The van der Waals surface area contributed by atoms with Crippen LogP contribution in [0.15, 0.2) is 35.2 Å². The molecule has 0 radical (unpaired) electrons. The molecule has 0 saturated heterocycles. The summed E-state index contributed by atoms with van der Waals surface area (Å²) in [6, 6.07) is 8.35. The molecule has 0 amide bonds. The lowest BCUT2D eigenvalue weighted by Gasteiger charge is -2.26. The van der Waals surface area contributed by atoms with Crippen molar-refractivity contribution in [3.63, 3.8) is 0 Å². The van der Waals surface area contributed by atoms with Crippen molar-refractivity contribution in [1.29, 1.82) is 0 Å². The second kappa shape index (κ2) is 7.04. The largest absolute Gasteiger partial charge is 0.469 e. The molecule has 5 nitrogen and oxygen atoms in total. The van der Waals surface area contributed by atoms with E-state index in [2.05, 4.69) is 4.72 Å². The van der Waals surface area contributed by atoms with Crippen molar-refractivity contribution < 1.29 is 17.9 Å². The van der Waals surface area contributed by atoms with E-state index in [1.807, 2.05) is 0 Å². The van der Waals surface area contributed by atoms with E-state index >= 15 is 0 Å². The molecule has 1 saturated carbocycles. The Morgan fingerprint density at radius 3 is 2.38 bits per heavy atom. The van der Waals surface area contributed by atoms with Crippen LogP contribution in [0, 0.1) is 11.8 Å². The van der Waals surface area contributed by atoms with Crippen molar-refractivity contribution >= 4 is 16.0 Å². The van der Waals surface area contributed by atoms with Gasteiger partial charge in [0.05, 0.1) is 17.9 Å². The molecule has 0 spiro atoms. The molecule has 0 atom stereocenters. The smallest absolute Gasteiger partial charge is 0.308 e. The minimum atomic E-state index is -3.44. The van der Waals surface area contributed by atoms with Gasteiger partial charge < -0.3 is 4.74 Å². The number of hydrogen-bond acceptors (Lipinski definition) is 4. The van der Waals surface area contributed by atoms with E-state index in [0.29, 0.717) is 6.54 Å². The summed E-state index contributed by atoms with van der Waals surface area (Å²) in [5, 5.41) is 0. The Hall–Kier alpha value is -1.40. The minimum absolute atomic E-state index is 0.0306. The standard InChI is InChI=1S/C15H21NO4S/c1-20-15(17)13-9-7-12(8-10-13)11-16-21(18,19)14-5-3-2-4-6-14/h2-6,12-13,16H,7-11H2,1H3. The predicted molar refractivity (Wildman–Crippen MR) is 79.1 cm³/mol. The maximum Gasteiger partial charge on any atom is 0.308 e. The predicted octanol–water partition coefficient (Wildman–Crippen LogP) is 1.94. The first-order valence-electron chi connectivity index (χ1n) is 7.15. The van der Waals surface area contributed by atoms with Gasteiger partial charge in [-0.05, 0) is 43.7 Å². The summed E-state index contributed by atoms with van der Waals surface area (Å²) in [5.41, 5.74) is 0. The molecule has 1 N–H and O–H groups in total. The summed E-state index contributed by atoms with van der Waals surface area (Å²) in [6.07, 6.45) is 3.23. The molecule has 116 valence electrons. The Balaban J connectivity index is 1.84. The molecular formula is C15H21NO4S. The summed E-state index contributed by atoms with van der Waals surface area (Å²) in [4.78, 5) is 11.7. The van der Waals surface area contributed by atoms with Crippen LogP contribution >= 0.6 is 0 Å². The molecule has 0 heterocycles. The number of nitrogens with one attached hydrogen (secondary N) is 1. The Morgan fingerprint density at radius 1 is 1.19 bits per heavy atom. The first kappa shape index (κ1) is 16.0. The van der Waals surface area contributed by atoms with E-state index in [1.54, 1.807) is 30.3 Å². The quantitative estimate of drug-likeness (QED) is 0.844. The van der Waals surface area contributed by atoms with Gasteiger partial charge in [-0.2, -0.15) is 0 Å². The molecule has 6 heteroatoms. The third kappa shape index (κ3) is 4.28. The Bertz CT molecular complexity index is 563. The average Bonchev–Trinajstić information content (AvgIpc) is 2.53. The van der Waals surface area contributed by atoms with Crippen LogP contribution in [-0.2, 0) is 19.6 Å². The summed E-state index contributed by atoms with van der Waals surface area (Å²) < 4.78 is 31.6. The summed E-state index contributed by atoms with van der Waals surface area (Å²) >= 11 is 0. The fraction of sp³-hybridized carbons (Fsp3) is 0.533. The monoisotopic (exact) mass is 311 g/mol. The van der Waals surface area contributed by atoms with Crippen LogP contribution < -0.4 is 4.72 Å². The van der Waals surface area contributed by atoms with Crippen molar-refractivity contribution in [2.24, 2.45) is 11.8 Å². The Morgan fingerprint density at radius 2 is 1.81 bits per heavy atom. The molecule has 0 bridgehead atoms. The van der Waals surface area contributed by atoms with Gasteiger partial charge >= 0.3 is 5.97 Å². The van der Waals surface area contributed by atoms with E-state index in [-0.39, 0.29) is 22.7 Å². The SMILES string of the molecule is COC(=O)C1CCC(CNS(=O)(=O)c2ccccc2)CC1. The first-order valence-corrected chi connectivity index (χ1v) is 8.64. The first-order chi connectivity index (χ1) is 10.0. The lowest BCUT2D eigenvalue weighted by molar-refractivity contribution is -0.146. The van der Waals surface area contributed by atoms with Gasteiger partial charge in [-0.3, -0.25) is 4.79 Å². The number of carbonyl (C=O) groups excluding carboxylic acids is 1. The zero-order valence-electron chi connectivity index (χ0n) is 12.1. The molecule has 0 unspecified atom stereocenters. The van der Waals surface area contributed by atoms with Crippen molar-refractivity contribution in [2.75, 3.05) is 13.7 Å². The number of sulfonamides is 1. The topological polar surface area (TPSA) is 72.5 Å². The van der Waals surface area contributed by atoms with Gasteiger partial charge in [-0.15, -0.1) is 0 Å². The number of rotatable bonds is 5. The molecule has 1 fully saturated rings. The lowest BCUT2D eigenvalue weighted by Crippen LogP contribution is -2.32. The highest BCUT2D eigenvalue weighted by atomic mass is 32.2. The Kier molecular flexibility index (Phi) is 5.36. The van der Waals surface area contributed by atoms with E-state index in [9.17, 15) is 13.2 Å². The highest BCUT2D eigenvalue weighted by Crippen LogP contribution is 2.29. The molecule has 1 aromatic rings. The van der Waals surface area contributed by atoms with Crippen LogP contribution in [-0.4, -0.2) is 28.0 Å². The normalized spacial score (nSPS) is 22.7. The number of methoxy groups -OCH3 is 1. The van der Waals surface area contributed by atoms with Gasteiger partial charge in [-0.1, -0.05) is 18.2 Å². The van der Waals surface area contributed by atoms with Crippen LogP contribution in [0.5, 0.6) is 0 Å². The maximum absolute atomic E-state index is 12.1. The van der Waals surface area contributed by atoms with Gasteiger partial charge in [0.15, 0.2) is 0 Å². The molecule has 0 aromatic heterocycles. The van der Waals surface area contributed by atoms with Crippen LogP contribution in [0.2, 0.25) is 0 Å². The lowest BCUT2D eigenvalue weighted by atomic mass is 9.82. The molecule has 1 aliphatic carbocycles. The highest BCUT2D eigenvalue weighted by molar-refractivity contribution is 7.89. The van der Waals surface area contributed by atoms with Crippen molar-refractivity contribution in [3.8, 4) is 0 Å². The van der Waals surface area contributed by atoms with Crippen molar-refractivity contribution in [2.45, 2.75) is 30.6 Å². The molecule has 1 aliphatic rings. The summed E-state index contributed by atoms with van der Waals surface area (Å²) in [6.45, 7) is 0.422. The fourth-order valence-corrected chi connectivity index (χ4v) is 3.82. The van der Waals surface area contributed by atoms with Crippen LogP contribution in [0.25, 0.3) is 0 Å². The van der Waals surface area contributed by atoms with Gasteiger partial charge in [0, 0.05) is 6.54 Å². The molecule has 1 aromatic carbocycles. The Labute approximate surface area is 125 Å². The average molecular weight is 311 g/mol. The minimum Gasteiger partial charge on any atom is -0.469 e. The van der Waals surface area contributed by atoms with Gasteiger partial charge in [0.1, 0.15) is 0 Å². The van der Waals surface area contributed by atoms with E-state index < -0.39 is 10.0 Å². The highest BCUT2D eigenvalue weighted by Gasteiger charge is 2.27. The summed E-state index contributed by atoms with van der Waals surface area (Å²) in [5.74, 6) is 0.0969. The zero-order chi connectivity index (χ0) is 15.3. The number of ether oxygens (including phenoxy) is 1. The number of hydrogen-bond donors (Lipinski definition) is 1. The maximum atomic E-state index is 12.1. The number of benzene rings is 1. The third-order valence-electron chi connectivity index (χ3n) is 4.00.